The van der Waals surface area contributed by atoms with Gasteiger partial charge in [0.15, 0.2) is 21.8 Å². The standard InChI is InChI=1S/C51H70IN9O10/c1-32-26-50(6,67-9)46(70-48-44(65)41(25-33(2)69-48)59(8)23-17-39-28-61(58-57-39)24-18-38-16-10-11-20-54-38)35(4)43(64)36(5)47(66)71-49(52)51(7,68-31-62)45(34(3)42(32)63)55-21-12-13-22-60-29-40(56-30-60)37-15-14-19-53-27-37/h10-11,14-16,19-21,27-36,41,44-46,48-49,65H,12-13,17-18,22-26H2,1-9H3/b55-21-/t32-,33-,34+,35+,36-,41+,44-,45-,46-,48+,49+,50-,51+/m1/s1. The summed E-state index contributed by atoms with van der Waals surface area (Å²) in [6.07, 6.45) is 11.7. The SMILES string of the molecule is CO[C@]1(C)C[C@@H](C)C(=O)[C@H](C)[C@@H](/N=C\CCCn2cnc(-c3cccnc3)c2)[C@](C)(OC=O)[C@@H](I)OC(=O)[C@H](C)C(=O)[C@H](C)[C@H]1O[C@@H]1O[C@H](C)C[C@H](N(C)CCc2cn(CCc3ccccn3)nn2)[C@H]1O. The Morgan fingerprint density at radius 3 is 2.48 bits per heavy atom. The number of hydrogen-bond acceptors (Lipinski definition) is 17. The summed E-state index contributed by atoms with van der Waals surface area (Å²) in [4.78, 5) is 75.5. The zero-order chi connectivity index (χ0) is 51.5. The fourth-order valence-corrected chi connectivity index (χ4v) is 10.5. The summed E-state index contributed by atoms with van der Waals surface area (Å²) in [5, 5.41) is 20.7. The highest BCUT2D eigenvalue weighted by atomic mass is 127. The van der Waals surface area contributed by atoms with Crippen molar-refractivity contribution in [2.75, 3.05) is 20.7 Å². The summed E-state index contributed by atoms with van der Waals surface area (Å²) < 4.78 is 33.7. The molecular weight excluding hydrogens is 1030 g/mol. The lowest BCUT2D eigenvalue weighted by atomic mass is 9.74. The van der Waals surface area contributed by atoms with Crippen molar-refractivity contribution < 1.29 is 48.0 Å². The number of nitrogens with zero attached hydrogens (tertiary/aromatic N) is 9. The lowest BCUT2D eigenvalue weighted by molar-refractivity contribution is -0.296. The van der Waals surface area contributed by atoms with Crippen molar-refractivity contribution >= 4 is 52.8 Å². The van der Waals surface area contributed by atoms with Crippen molar-refractivity contribution in [1.82, 2.24) is 39.4 Å². The minimum atomic E-state index is -1.63. The number of rotatable bonds is 18. The number of alkyl halides is 1. The fourth-order valence-electron chi connectivity index (χ4n) is 9.75. The predicted octanol–water partition coefficient (Wildman–Crippen LogP) is 5.55. The van der Waals surface area contributed by atoms with E-state index >= 15 is 0 Å². The largest absolute Gasteiger partial charge is 0.454 e. The number of imidazole rings is 1. The number of Topliss-reactive ketones (excluding diaryl/α,β-unsaturated/α-hetero) is 2. The summed E-state index contributed by atoms with van der Waals surface area (Å²) in [6, 6.07) is 8.19. The number of unbranched alkanes of at least 4 members (excludes halogenated alkanes) is 1. The molecule has 0 spiro atoms. The second-order valence-corrected chi connectivity index (χ2v) is 20.6. The number of aliphatic hydroxyl groups excluding tert-OH is 1. The van der Waals surface area contributed by atoms with Crippen molar-refractivity contribution in [2.45, 2.75) is 152 Å². The number of carbonyl (C=O) groups excluding carboxylic acids is 4. The van der Waals surface area contributed by atoms with Gasteiger partial charge in [-0.05, 0) is 113 Å². The molecule has 0 bridgehead atoms. The summed E-state index contributed by atoms with van der Waals surface area (Å²) in [5.74, 6) is -5.52. The average molecular weight is 1100 g/mol. The molecule has 4 aromatic rings. The van der Waals surface area contributed by atoms with Crippen LogP contribution in [-0.2, 0) is 68.8 Å². The Bertz CT molecular complexity index is 2390. The molecule has 0 aliphatic carbocycles. The third-order valence-electron chi connectivity index (χ3n) is 14.1. The molecule has 2 aliphatic rings. The Balaban J connectivity index is 1.19. The highest BCUT2D eigenvalue weighted by Gasteiger charge is 2.53. The monoisotopic (exact) mass is 1100 g/mol. The Morgan fingerprint density at radius 2 is 1.77 bits per heavy atom. The third kappa shape index (κ3) is 13.8. The number of halogens is 1. The van der Waals surface area contributed by atoms with Gasteiger partial charge in [0, 0.05) is 106 Å². The third-order valence-corrected chi connectivity index (χ3v) is 15.6. The van der Waals surface area contributed by atoms with Gasteiger partial charge in [0.25, 0.3) is 6.47 Å². The molecule has 2 saturated heterocycles. The molecule has 386 valence electrons. The van der Waals surface area contributed by atoms with E-state index in [0.717, 1.165) is 29.1 Å². The van der Waals surface area contributed by atoms with Gasteiger partial charge >= 0.3 is 5.97 Å². The molecule has 2 aliphatic heterocycles. The van der Waals surface area contributed by atoms with Gasteiger partial charge in [-0.1, -0.05) is 32.1 Å². The van der Waals surface area contributed by atoms with Crippen LogP contribution in [0.2, 0.25) is 0 Å². The molecule has 19 nitrogen and oxygen atoms in total. The molecule has 6 rings (SSSR count). The van der Waals surface area contributed by atoms with E-state index in [9.17, 15) is 24.3 Å². The zero-order valence-corrected chi connectivity index (χ0v) is 44.4. The van der Waals surface area contributed by atoms with Gasteiger partial charge in [0.1, 0.15) is 23.8 Å². The van der Waals surface area contributed by atoms with Gasteiger partial charge in [-0.3, -0.25) is 38.8 Å². The molecule has 71 heavy (non-hydrogen) atoms. The number of likely N-dealkylation sites (N-methyl/N-ethyl adjacent to an activating group) is 1. The molecule has 1 N–H and O–H groups in total. The van der Waals surface area contributed by atoms with Crippen LogP contribution in [0.4, 0.5) is 0 Å². The van der Waals surface area contributed by atoms with Gasteiger partial charge in [-0.25, -0.2) is 4.98 Å². The lowest BCUT2D eigenvalue weighted by Crippen LogP contribution is -2.60. The number of esters is 1. The smallest absolute Gasteiger partial charge is 0.317 e. The number of ketones is 2. The maximum atomic E-state index is 14.8. The first kappa shape index (κ1) is 55.4. The van der Waals surface area contributed by atoms with Gasteiger partial charge in [0.05, 0.1) is 35.5 Å². The lowest BCUT2D eigenvalue weighted by Gasteiger charge is -2.47. The quantitative estimate of drug-likeness (QED) is 0.0245. The number of cyclic esters (lactones) is 1. The molecule has 0 amide bonds. The zero-order valence-electron chi connectivity index (χ0n) is 42.2. The van der Waals surface area contributed by atoms with Crippen LogP contribution in [0.15, 0.2) is 72.6 Å². The number of hydrogen-bond donors (Lipinski definition) is 1. The maximum Gasteiger partial charge on any atom is 0.317 e. The molecular formula is C51H70IN9O10. The normalized spacial score (nSPS) is 31.4. The molecule has 20 heteroatoms. The Labute approximate surface area is 430 Å². The van der Waals surface area contributed by atoms with Gasteiger partial charge in [0.2, 0.25) is 0 Å². The number of ether oxygens (including phenoxy) is 5. The molecule has 13 atom stereocenters. The number of aryl methyl sites for hydroxylation is 3. The Kier molecular flexibility index (Phi) is 19.7. The van der Waals surface area contributed by atoms with Crippen molar-refractivity contribution in [3.05, 3.63) is 79.0 Å². The maximum absolute atomic E-state index is 14.8. The Hall–Kier alpha value is -4.87. The van der Waals surface area contributed by atoms with Crippen LogP contribution in [0, 0.1) is 23.7 Å². The van der Waals surface area contributed by atoms with Gasteiger partial charge < -0.3 is 38.3 Å². The van der Waals surface area contributed by atoms with E-state index in [1.54, 1.807) is 70.4 Å². The van der Waals surface area contributed by atoms with E-state index < -0.39 is 81.3 Å². The van der Waals surface area contributed by atoms with E-state index in [0.29, 0.717) is 45.3 Å². The van der Waals surface area contributed by atoms with Crippen LogP contribution >= 0.6 is 22.6 Å². The van der Waals surface area contributed by atoms with Crippen LogP contribution in [0.1, 0.15) is 85.5 Å². The van der Waals surface area contributed by atoms with E-state index in [1.807, 2.05) is 88.8 Å². The van der Waals surface area contributed by atoms with E-state index in [4.69, 9.17) is 28.7 Å². The van der Waals surface area contributed by atoms with Gasteiger partial charge in [-0.2, -0.15) is 0 Å². The van der Waals surface area contributed by atoms with E-state index in [1.165, 1.54) is 14.0 Å². The minimum Gasteiger partial charge on any atom is -0.454 e. The molecule has 6 heterocycles. The highest BCUT2D eigenvalue weighted by Crippen LogP contribution is 2.40. The number of aromatic nitrogens is 7. The molecule has 0 radical (unpaired) electrons. The number of aliphatic hydroxyl groups is 1. The molecule has 4 aromatic heterocycles. The van der Waals surface area contributed by atoms with Crippen LogP contribution in [0.3, 0.4) is 0 Å². The van der Waals surface area contributed by atoms with Crippen molar-refractivity contribution in [3.63, 3.8) is 0 Å². The van der Waals surface area contributed by atoms with Crippen LogP contribution in [-0.4, -0.2) is 147 Å². The number of pyridine rings is 2. The van der Waals surface area contributed by atoms with E-state index in [2.05, 4.69) is 25.3 Å². The average Bonchev–Trinajstić information content (AvgIpc) is 4.05. The number of carbonyl (C=O) groups is 4. The summed E-state index contributed by atoms with van der Waals surface area (Å²) >= 11 is 1.87. The molecule has 0 saturated carbocycles. The molecule has 0 unspecified atom stereocenters. The first-order valence-corrected chi connectivity index (χ1v) is 25.6. The minimum absolute atomic E-state index is 0.0688. The second kappa shape index (κ2) is 25.2. The number of aliphatic imine (C=N–C) groups is 1. The van der Waals surface area contributed by atoms with Crippen LogP contribution < -0.4 is 0 Å². The second-order valence-electron chi connectivity index (χ2n) is 19.5. The van der Waals surface area contributed by atoms with Crippen LogP contribution in [0.25, 0.3) is 11.3 Å². The number of methoxy groups -OCH3 is 1. The fraction of sp³-hybridized carbons (Fsp3) is 0.608. The molecule has 2 fully saturated rings. The van der Waals surface area contributed by atoms with E-state index in [-0.39, 0.29) is 24.8 Å². The summed E-state index contributed by atoms with van der Waals surface area (Å²) in [6.45, 7) is 13.9. The molecule has 0 aromatic carbocycles. The first-order chi connectivity index (χ1) is 33.9. The van der Waals surface area contributed by atoms with Crippen molar-refractivity contribution in [3.8, 4) is 11.3 Å². The highest BCUT2D eigenvalue weighted by molar-refractivity contribution is 14.1. The van der Waals surface area contributed by atoms with Crippen LogP contribution in [0.5, 0.6) is 0 Å². The van der Waals surface area contributed by atoms with Crippen molar-refractivity contribution in [2.24, 2.45) is 28.7 Å². The Morgan fingerprint density at radius 1 is 0.986 bits per heavy atom. The topological polar surface area (TPSA) is 225 Å². The predicted molar refractivity (Wildman–Crippen MR) is 271 cm³/mol. The summed E-state index contributed by atoms with van der Waals surface area (Å²) in [5.41, 5.74) is 0.506. The van der Waals surface area contributed by atoms with Crippen molar-refractivity contribution in [1.29, 1.82) is 0 Å². The van der Waals surface area contributed by atoms with Gasteiger partial charge in [-0.15, -0.1) is 5.10 Å². The first-order valence-electron chi connectivity index (χ1n) is 24.4. The summed E-state index contributed by atoms with van der Waals surface area (Å²) in [7, 11) is 3.40.